The fourth-order valence-electron chi connectivity index (χ4n) is 11.1. The zero-order valence-electron chi connectivity index (χ0n) is 70.0. The smallest absolute Gasteiger partial charge is 0.462 e. The maximum Gasteiger partial charge on any atom is 0.472 e. The predicted molar refractivity (Wildman–Crippen MR) is 463 cm³/mol. The number of phosphoric ester groups is 2. The van der Waals surface area contributed by atoms with E-state index in [0.29, 0.717) is 32.1 Å². The third-order valence-corrected chi connectivity index (χ3v) is 19.5. The molecular formula is C93H154O17P2. The molecule has 3 N–H and O–H groups in total. The molecule has 19 heteroatoms. The van der Waals surface area contributed by atoms with E-state index in [1.165, 1.54) is 38.5 Å². The number of hydrogen-bond donors (Lipinski definition) is 3. The summed E-state index contributed by atoms with van der Waals surface area (Å²) in [5.74, 6) is -2.28. The fourth-order valence-corrected chi connectivity index (χ4v) is 12.7. The fraction of sp³-hybridized carbons (Fsp3) is 0.656. The Morgan fingerprint density at radius 2 is 0.473 bits per heavy atom. The minimum atomic E-state index is -5.01. The summed E-state index contributed by atoms with van der Waals surface area (Å²) in [5.41, 5.74) is 0. The monoisotopic (exact) mass is 1610 g/mol. The molecule has 638 valence electrons. The number of aliphatic hydroxyl groups excluding tert-OH is 1. The van der Waals surface area contributed by atoms with Gasteiger partial charge in [-0.25, -0.2) is 9.13 Å². The third-order valence-electron chi connectivity index (χ3n) is 17.6. The third kappa shape index (κ3) is 82.4. The quantitative estimate of drug-likeness (QED) is 0.0169. The topological polar surface area (TPSA) is 237 Å². The van der Waals surface area contributed by atoms with Crippen molar-refractivity contribution in [2.45, 2.75) is 354 Å². The summed E-state index contributed by atoms with van der Waals surface area (Å²) >= 11 is 0. The van der Waals surface area contributed by atoms with Crippen molar-refractivity contribution in [1.29, 1.82) is 0 Å². The van der Waals surface area contributed by atoms with Gasteiger partial charge in [-0.15, -0.1) is 0 Å². The normalized spacial score (nSPS) is 14.6. The summed E-state index contributed by atoms with van der Waals surface area (Å²) < 4.78 is 68.8. The van der Waals surface area contributed by atoms with Crippen molar-refractivity contribution in [2.24, 2.45) is 0 Å². The molecule has 0 rings (SSSR count). The van der Waals surface area contributed by atoms with Crippen molar-refractivity contribution in [3.63, 3.8) is 0 Å². The standard InChI is InChI=1S/C93H154O17P2/c1-5-9-13-17-21-25-29-33-37-41-43-47-49-53-57-61-65-69-73-77-90(95)103-83-88(109-92(97)79-75-71-67-63-59-55-51-45-39-35-31-27-23-19-15-11-7-3)85-107-111(99,100)105-81-87(94)82-106-112(101,102)108-86-89(110-93(98)80-76-72-68-64-60-56-52-46-40-36-32-28-24-20-16-12-8-4)84-104-91(96)78-74-70-66-62-58-54-50-48-44-42-38-34-30-26-22-18-14-10-6-2/h11-12,15-16,21-28,33-40,43-44,47-48,51,55,63,67,87-89,94H,5-10,13-14,17-20,29-32,41-42,45-46,49-50,52-54,56-62,64-66,68-86H2,1-4H3,(H,99,100)(H,101,102)/b15-11-,16-12-,25-21-,26-22-,27-23-,28-24-,37-33-,38-34-,39-35-,40-36-,47-43-,48-44-,55-51-,67-63-. The first-order valence-corrected chi connectivity index (χ1v) is 46.4. The number of allylic oxidation sites excluding steroid dienone is 28. The van der Waals surface area contributed by atoms with Crippen molar-refractivity contribution >= 4 is 39.5 Å². The Balaban J connectivity index is 5.47. The Morgan fingerprint density at radius 1 is 0.259 bits per heavy atom. The van der Waals surface area contributed by atoms with Gasteiger partial charge >= 0.3 is 39.5 Å². The van der Waals surface area contributed by atoms with Crippen LogP contribution >= 0.6 is 15.6 Å². The van der Waals surface area contributed by atoms with Crippen molar-refractivity contribution in [3.8, 4) is 0 Å². The Kier molecular flexibility index (Phi) is 79.2. The zero-order valence-corrected chi connectivity index (χ0v) is 71.8. The molecule has 0 aromatic carbocycles. The van der Waals surface area contributed by atoms with Gasteiger partial charge in [0.05, 0.1) is 26.4 Å². The summed E-state index contributed by atoms with van der Waals surface area (Å²) in [6.45, 7) is 4.51. The highest BCUT2D eigenvalue weighted by atomic mass is 31.2. The molecule has 0 radical (unpaired) electrons. The molecule has 0 aliphatic rings. The van der Waals surface area contributed by atoms with Gasteiger partial charge in [-0.2, -0.15) is 0 Å². The van der Waals surface area contributed by atoms with E-state index in [1.54, 1.807) is 0 Å². The predicted octanol–water partition coefficient (Wildman–Crippen LogP) is 26.1. The van der Waals surface area contributed by atoms with Crippen LogP contribution in [0.4, 0.5) is 0 Å². The molecule has 0 fully saturated rings. The Bertz CT molecular complexity index is 2790. The van der Waals surface area contributed by atoms with E-state index in [9.17, 15) is 43.2 Å². The average molecular weight is 1610 g/mol. The molecule has 0 saturated carbocycles. The Labute approximate surface area is 680 Å². The number of hydrogen-bond acceptors (Lipinski definition) is 15. The van der Waals surface area contributed by atoms with Crippen LogP contribution in [-0.2, 0) is 65.4 Å². The molecule has 0 amide bonds. The largest absolute Gasteiger partial charge is 0.472 e. The van der Waals surface area contributed by atoms with E-state index in [-0.39, 0.29) is 25.7 Å². The number of phosphoric acid groups is 2. The van der Waals surface area contributed by atoms with Gasteiger partial charge in [0.15, 0.2) is 12.2 Å². The highest BCUT2D eigenvalue weighted by Crippen LogP contribution is 2.45. The maximum atomic E-state index is 13.2. The highest BCUT2D eigenvalue weighted by Gasteiger charge is 2.30. The summed E-state index contributed by atoms with van der Waals surface area (Å²) in [6, 6.07) is 0. The molecule has 0 bridgehead atoms. The minimum Gasteiger partial charge on any atom is -0.462 e. The van der Waals surface area contributed by atoms with Crippen LogP contribution in [0.15, 0.2) is 170 Å². The second kappa shape index (κ2) is 83.4. The van der Waals surface area contributed by atoms with Crippen LogP contribution in [0, 0.1) is 0 Å². The Morgan fingerprint density at radius 3 is 0.750 bits per heavy atom. The summed E-state index contributed by atoms with van der Waals surface area (Å²) in [4.78, 5) is 73.3. The maximum absolute atomic E-state index is 13.2. The summed E-state index contributed by atoms with van der Waals surface area (Å²) in [5, 5.41) is 10.7. The molecular weight excluding hydrogens is 1450 g/mol. The molecule has 0 aliphatic heterocycles. The van der Waals surface area contributed by atoms with Gasteiger partial charge in [-0.05, 0) is 173 Å². The van der Waals surface area contributed by atoms with Crippen molar-refractivity contribution in [1.82, 2.24) is 0 Å². The van der Waals surface area contributed by atoms with Crippen molar-refractivity contribution in [3.05, 3.63) is 170 Å². The molecule has 0 saturated heterocycles. The first kappa shape index (κ1) is 106. The van der Waals surface area contributed by atoms with Gasteiger partial charge in [-0.3, -0.25) is 37.3 Å². The molecule has 0 aliphatic carbocycles. The van der Waals surface area contributed by atoms with E-state index in [0.717, 1.165) is 212 Å². The molecule has 0 aromatic heterocycles. The number of unbranched alkanes of at least 4 members (excludes halogenated alkanes) is 26. The second-order valence-corrected chi connectivity index (χ2v) is 31.3. The van der Waals surface area contributed by atoms with Crippen molar-refractivity contribution in [2.75, 3.05) is 39.6 Å². The van der Waals surface area contributed by atoms with Crippen LogP contribution in [0.1, 0.15) is 336 Å². The number of ether oxygens (including phenoxy) is 4. The lowest BCUT2D eigenvalue weighted by molar-refractivity contribution is -0.161. The Hall–Kier alpha value is -5.58. The van der Waals surface area contributed by atoms with Crippen LogP contribution in [0.2, 0.25) is 0 Å². The molecule has 0 spiro atoms. The minimum absolute atomic E-state index is 0.00796. The summed E-state index contributed by atoms with van der Waals surface area (Å²) in [7, 11) is -10.0. The van der Waals surface area contributed by atoms with Crippen LogP contribution < -0.4 is 0 Å². The van der Waals surface area contributed by atoms with E-state index >= 15 is 0 Å². The van der Waals surface area contributed by atoms with E-state index in [4.69, 9.17) is 37.0 Å². The average Bonchev–Trinajstić information content (AvgIpc) is 0.897. The van der Waals surface area contributed by atoms with Gasteiger partial charge in [-0.1, -0.05) is 307 Å². The lowest BCUT2D eigenvalue weighted by Crippen LogP contribution is -2.30. The van der Waals surface area contributed by atoms with E-state index in [1.807, 2.05) is 12.2 Å². The number of aliphatic hydroxyl groups is 1. The number of carbonyl (C=O) groups excluding carboxylic acids is 4. The highest BCUT2D eigenvalue weighted by molar-refractivity contribution is 7.47. The van der Waals surface area contributed by atoms with Gasteiger partial charge in [0, 0.05) is 25.7 Å². The van der Waals surface area contributed by atoms with Gasteiger partial charge in [0.2, 0.25) is 0 Å². The molecule has 0 heterocycles. The lowest BCUT2D eigenvalue weighted by atomic mass is 10.1. The number of carbonyl (C=O) groups is 4. The van der Waals surface area contributed by atoms with E-state index in [2.05, 4.69) is 186 Å². The lowest BCUT2D eigenvalue weighted by Gasteiger charge is -2.21. The van der Waals surface area contributed by atoms with Crippen LogP contribution in [0.3, 0.4) is 0 Å². The zero-order chi connectivity index (χ0) is 81.7. The van der Waals surface area contributed by atoms with Gasteiger partial charge in [0.25, 0.3) is 0 Å². The van der Waals surface area contributed by atoms with Crippen LogP contribution in [-0.4, -0.2) is 96.7 Å². The second-order valence-electron chi connectivity index (χ2n) is 28.4. The first-order chi connectivity index (χ1) is 54.7. The van der Waals surface area contributed by atoms with Crippen LogP contribution in [0.25, 0.3) is 0 Å². The summed E-state index contributed by atoms with van der Waals surface area (Å²) in [6.07, 6.45) is 100. The van der Waals surface area contributed by atoms with E-state index < -0.39 is 97.5 Å². The molecule has 17 nitrogen and oxygen atoms in total. The molecule has 5 unspecified atom stereocenters. The first-order valence-electron chi connectivity index (χ1n) is 43.4. The molecule has 5 atom stereocenters. The van der Waals surface area contributed by atoms with Gasteiger partial charge in [0.1, 0.15) is 19.3 Å². The van der Waals surface area contributed by atoms with Gasteiger partial charge < -0.3 is 33.8 Å². The molecule has 112 heavy (non-hydrogen) atoms. The van der Waals surface area contributed by atoms with Crippen LogP contribution in [0.5, 0.6) is 0 Å². The number of esters is 4. The molecule has 0 aromatic rings. The van der Waals surface area contributed by atoms with Crippen molar-refractivity contribution < 1.29 is 80.2 Å². The number of rotatable bonds is 80. The SMILES string of the molecule is CC/C=C\C/C=C\C/C=C\C/C=C\C/C=C\CCCC(=O)OC(COC(=O)CCCCCCCC/C=C\C/C=C\C/C=C\CCCCC)COP(=O)(O)OCC(O)COP(=O)(O)OCC(COC(=O)CCCCCCCC/C=C\C/C=C\C/C=C\CCCCC)OC(=O)CCCCCCCCC/C=C\C/C=C\C/C=C\CC.